The Kier molecular flexibility index (Phi) is 5.56. The van der Waals surface area contributed by atoms with Gasteiger partial charge in [0.25, 0.3) is 0 Å². The summed E-state index contributed by atoms with van der Waals surface area (Å²) >= 11 is 0. The van der Waals surface area contributed by atoms with Crippen molar-refractivity contribution in [2.24, 2.45) is 0 Å². The van der Waals surface area contributed by atoms with Crippen LogP contribution in [0.2, 0.25) is 0 Å². The van der Waals surface area contributed by atoms with Gasteiger partial charge in [0.15, 0.2) is 11.4 Å². The first-order valence-corrected chi connectivity index (χ1v) is 8.39. The first kappa shape index (κ1) is 19.4. The molecule has 10 heteroatoms. The third kappa shape index (κ3) is 4.33. The number of carbonyl (C=O) groups excluding carboxylic acids is 1. The number of rotatable bonds is 7. The van der Waals surface area contributed by atoms with E-state index in [9.17, 15) is 18.0 Å². The number of amides is 1. The van der Waals surface area contributed by atoms with Crippen molar-refractivity contribution in [2.45, 2.75) is 37.6 Å². The molecule has 1 amide bonds. The molecule has 1 aromatic heterocycles. The highest BCUT2D eigenvalue weighted by molar-refractivity contribution is 5.99. The van der Waals surface area contributed by atoms with Gasteiger partial charge in [-0.1, -0.05) is 11.2 Å². The van der Waals surface area contributed by atoms with Crippen molar-refractivity contribution in [3.05, 3.63) is 23.8 Å². The largest absolute Gasteiger partial charge is 0.441 e. The maximum absolute atomic E-state index is 12.3. The number of aliphatic hydroxyl groups excluding tert-OH is 1. The lowest BCUT2D eigenvalue weighted by atomic mass is 10.0. The molecule has 1 aliphatic rings. The Morgan fingerprint density at radius 2 is 2.22 bits per heavy atom. The summed E-state index contributed by atoms with van der Waals surface area (Å²) in [6.45, 7) is 0.553. The molecule has 0 spiro atoms. The summed E-state index contributed by atoms with van der Waals surface area (Å²) in [4.78, 5) is 13.4. The molecule has 1 fully saturated rings. The van der Waals surface area contributed by atoms with Crippen molar-refractivity contribution < 1.29 is 37.1 Å². The van der Waals surface area contributed by atoms with Crippen LogP contribution in [-0.4, -0.2) is 55.0 Å². The van der Waals surface area contributed by atoms with Gasteiger partial charge >= 0.3 is 12.3 Å². The third-order valence-corrected chi connectivity index (χ3v) is 4.32. The van der Waals surface area contributed by atoms with E-state index in [2.05, 4.69) is 5.16 Å². The molecule has 3 rings (SSSR count). The van der Waals surface area contributed by atoms with Gasteiger partial charge in [-0.05, 0) is 37.0 Å². The van der Waals surface area contributed by atoms with E-state index >= 15 is 0 Å². The van der Waals surface area contributed by atoms with Gasteiger partial charge in [-0.15, -0.1) is 0 Å². The van der Waals surface area contributed by atoms with Crippen LogP contribution in [0.1, 0.15) is 18.4 Å². The van der Waals surface area contributed by atoms with Crippen molar-refractivity contribution in [3.63, 3.8) is 0 Å². The van der Waals surface area contributed by atoms with Crippen molar-refractivity contribution in [3.8, 4) is 0 Å². The van der Waals surface area contributed by atoms with Crippen LogP contribution in [0.5, 0.6) is 0 Å². The van der Waals surface area contributed by atoms with E-state index < -0.39 is 24.5 Å². The summed E-state index contributed by atoms with van der Waals surface area (Å²) in [7, 11) is 1.51. The molecule has 7 nitrogen and oxygen atoms in total. The van der Waals surface area contributed by atoms with Gasteiger partial charge in [0.2, 0.25) is 0 Å². The number of hydrogen-bond acceptors (Lipinski definition) is 6. The van der Waals surface area contributed by atoms with Crippen LogP contribution in [0.4, 0.5) is 23.8 Å². The molecule has 148 valence electrons. The van der Waals surface area contributed by atoms with E-state index in [-0.39, 0.29) is 26.0 Å². The summed E-state index contributed by atoms with van der Waals surface area (Å²) < 4.78 is 52.4. The lowest BCUT2D eigenvalue weighted by Gasteiger charge is -2.13. The highest BCUT2D eigenvalue weighted by Crippen LogP contribution is 2.30. The number of methoxy groups -OCH3 is 1. The zero-order chi connectivity index (χ0) is 19.6. The number of alkyl halides is 3. The van der Waals surface area contributed by atoms with Crippen LogP contribution in [0.15, 0.2) is 22.7 Å². The SMILES string of the molecule is COC[C@H]1CN(c2noc3cc(CCCC(O)C(F)(F)F)ccc23)C(=O)O1. The Bertz CT molecular complexity index is 807. The van der Waals surface area contributed by atoms with Crippen molar-refractivity contribution in [2.75, 3.05) is 25.2 Å². The highest BCUT2D eigenvalue weighted by Gasteiger charge is 2.37. The van der Waals surface area contributed by atoms with Gasteiger partial charge < -0.3 is 19.1 Å². The summed E-state index contributed by atoms with van der Waals surface area (Å²) in [5, 5.41) is 13.6. The van der Waals surface area contributed by atoms with Crippen molar-refractivity contribution in [1.29, 1.82) is 0 Å². The minimum Gasteiger partial charge on any atom is -0.441 e. The topological polar surface area (TPSA) is 85.0 Å². The number of aryl methyl sites for hydroxylation is 1. The van der Waals surface area contributed by atoms with Crippen LogP contribution in [0, 0.1) is 0 Å². The molecular weight excluding hydrogens is 369 g/mol. The Labute approximate surface area is 152 Å². The first-order valence-electron chi connectivity index (χ1n) is 8.39. The summed E-state index contributed by atoms with van der Waals surface area (Å²) in [5.41, 5.74) is 1.17. The second kappa shape index (κ2) is 7.73. The minimum atomic E-state index is -4.60. The number of aliphatic hydroxyl groups is 1. The van der Waals surface area contributed by atoms with Crippen LogP contribution in [0.3, 0.4) is 0 Å². The molecule has 1 aliphatic heterocycles. The standard InChI is InChI=1S/C17H19F3N2O5/c1-25-9-11-8-22(16(24)26-11)15-12-6-5-10(7-13(12)27-21-15)3-2-4-14(23)17(18,19)20/h5-7,11,14,23H,2-4,8-9H2,1H3/t11-,14?/m1/s1. The average Bonchev–Trinajstić information content (AvgIpc) is 3.17. The lowest BCUT2D eigenvalue weighted by molar-refractivity contribution is -0.205. The molecule has 0 saturated carbocycles. The molecule has 0 bridgehead atoms. The van der Waals surface area contributed by atoms with Gasteiger partial charge in [0, 0.05) is 7.11 Å². The molecule has 1 aromatic carbocycles. The average molecular weight is 388 g/mol. The predicted octanol–water partition coefficient (Wildman–Crippen LogP) is 3.05. The Morgan fingerprint density at radius 3 is 2.93 bits per heavy atom. The Morgan fingerprint density at radius 1 is 1.44 bits per heavy atom. The number of hydrogen-bond donors (Lipinski definition) is 1. The van der Waals surface area contributed by atoms with E-state index in [1.54, 1.807) is 18.2 Å². The molecule has 0 aliphatic carbocycles. The normalized spacial score (nSPS) is 18.9. The molecule has 2 heterocycles. The number of halogens is 3. The second-order valence-corrected chi connectivity index (χ2v) is 6.36. The second-order valence-electron chi connectivity index (χ2n) is 6.36. The number of aromatic nitrogens is 1. The smallest absolute Gasteiger partial charge is 0.416 e. The monoisotopic (exact) mass is 388 g/mol. The van der Waals surface area contributed by atoms with Gasteiger partial charge in [0.1, 0.15) is 12.2 Å². The van der Waals surface area contributed by atoms with Gasteiger partial charge in [-0.3, -0.25) is 4.90 Å². The van der Waals surface area contributed by atoms with Gasteiger partial charge in [-0.2, -0.15) is 13.2 Å². The molecule has 1 saturated heterocycles. The highest BCUT2D eigenvalue weighted by atomic mass is 19.4. The zero-order valence-corrected chi connectivity index (χ0v) is 14.5. The molecule has 1 N–H and O–H groups in total. The Balaban J connectivity index is 1.67. The number of ether oxygens (including phenoxy) is 2. The van der Waals surface area contributed by atoms with E-state index in [1.807, 2.05) is 0 Å². The van der Waals surface area contributed by atoms with Crippen LogP contribution in [0.25, 0.3) is 11.0 Å². The summed E-state index contributed by atoms with van der Waals surface area (Å²) in [5.74, 6) is 0.327. The molecule has 2 aromatic rings. The predicted molar refractivity (Wildman–Crippen MR) is 88.5 cm³/mol. The van der Waals surface area contributed by atoms with E-state index in [1.165, 1.54) is 12.0 Å². The molecule has 0 radical (unpaired) electrons. The lowest BCUT2D eigenvalue weighted by Crippen LogP contribution is -2.28. The summed E-state index contributed by atoms with van der Waals surface area (Å²) in [6, 6.07) is 5.10. The number of carbonyl (C=O) groups is 1. The quantitative estimate of drug-likeness (QED) is 0.785. The summed E-state index contributed by atoms with van der Waals surface area (Å²) in [6.07, 6.45) is -7.71. The van der Waals surface area contributed by atoms with Gasteiger partial charge in [-0.25, -0.2) is 4.79 Å². The first-order chi connectivity index (χ1) is 12.8. The fourth-order valence-electron chi connectivity index (χ4n) is 2.95. The fourth-order valence-corrected chi connectivity index (χ4v) is 2.95. The molecular formula is C17H19F3N2O5. The number of cyclic esters (lactones) is 1. The maximum atomic E-state index is 12.3. The van der Waals surface area contributed by atoms with E-state index in [0.717, 1.165) is 5.56 Å². The number of nitrogens with zero attached hydrogens (tertiary/aromatic N) is 2. The van der Waals surface area contributed by atoms with Crippen molar-refractivity contribution >= 4 is 22.9 Å². The number of anilines is 1. The van der Waals surface area contributed by atoms with Crippen LogP contribution in [-0.2, 0) is 15.9 Å². The van der Waals surface area contributed by atoms with Gasteiger partial charge in [0.05, 0.1) is 18.5 Å². The van der Waals surface area contributed by atoms with Crippen LogP contribution >= 0.6 is 0 Å². The van der Waals surface area contributed by atoms with E-state index in [0.29, 0.717) is 23.2 Å². The number of benzene rings is 1. The van der Waals surface area contributed by atoms with E-state index in [4.69, 9.17) is 19.1 Å². The maximum Gasteiger partial charge on any atom is 0.416 e. The molecule has 1 unspecified atom stereocenters. The fraction of sp³-hybridized carbons (Fsp3) is 0.529. The molecule has 2 atom stereocenters. The van der Waals surface area contributed by atoms with Crippen molar-refractivity contribution in [1.82, 2.24) is 5.16 Å². The third-order valence-electron chi connectivity index (χ3n) is 4.32. The van der Waals surface area contributed by atoms with Crippen LogP contribution < -0.4 is 4.90 Å². The Hall–Kier alpha value is -2.33. The minimum absolute atomic E-state index is 0.171. The zero-order valence-electron chi connectivity index (χ0n) is 14.5. The molecule has 27 heavy (non-hydrogen) atoms. The number of fused-ring (bicyclic) bond motifs is 1.